The second-order valence-electron chi connectivity index (χ2n) is 7.75. The number of nitrogens with one attached hydrogen (secondary N) is 1. The zero-order valence-corrected chi connectivity index (χ0v) is 18.0. The molecule has 0 bridgehead atoms. The molecular weight excluding hydrogens is 411 g/mol. The molecule has 166 valence electrons. The normalized spacial score (nSPS) is 18.1. The van der Waals surface area contributed by atoms with Crippen molar-refractivity contribution in [2.24, 2.45) is 5.92 Å². The second-order valence-corrected chi connectivity index (χ2v) is 7.75. The summed E-state index contributed by atoms with van der Waals surface area (Å²) >= 11 is 0. The third-order valence-corrected chi connectivity index (χ3v) is 5.75. The lowest BCUT2D eigenvalue weighted by Crippen LogP contribution is -2.30. The molecule has 1 fully saturated rings. The number of benzene rings is 1. The molecular formula is C24H25FN4O3. The highest BCUT2D eigenvalue weighted by Crippen LogP contribution is 2.32. The number of pyridine rings is 1. The van der Waals surface area contributed by atoms with Crippen LogP contribution in [0, 0.1) is 11.7 Å². The molecule has 0 amide bonds. The Morgan fingerprint density at radius 3 is 2.59 bits per heavy atom. The molecule has 2 aromatic heterocycles. The summed E-state index contributed by atoms with van der Waals surface area (Å²) in [5.41, 5.74) is 2.51. The number of methoxy groups -OCH3 is 2. The summed E-state index contributed by atoms with van der Waals surface area (Å²) in [6.07, 6.45) is 5.92. The second kappa shape index (κ2) is 9.72. The molecule has 1 aliphatic carbocycles. The van der Waals surface area contributed by atoms with E-state index in [4.69, 9.17) is 9.47 Å². The van der Waals surface area contributed by atoms with Crippen LogP contribution in [0.1, 0.15) is 25.7 Å². The number of halogens is 1. The quantitative estimate of drug-likeness (QED) is 0.570. The van der Waals surface area contributed by atoms with E-state index in [0.29, 0.717) is 17.4 Å². The SMILES string of the molecule is COc1ncccc1-c1cccc(-c2nc(N[C@H]3CC[C@H](C(=O)OC)CC3)ncc2F)c1. The molecule has 8 heteroatoms. The van der Waals surface area contributed by atoms with E-state index in [1.165, 1.54) is 13.3 Å². The topological polar surface area (TPSA) is 86.2 Å². The molecule has 1 saturated carbocycles. The van der Waals surface area contributed by atoms with Crippen LogP contribution in [0.2, 0.25) is 0 Å². The maximum Gasteiger partial charge on any atom is 0.308 e. The fourth-order valence-electron chi connectivity index (χ4n) is 4.07. The molecule has 4 rings (SSSR count). The number of nitrogens with zero attached hydrogens (tertiary/aromatic N) is 3. The lowest BCUT2D eigenvalue weighted by molar-refractivity contribution is -0.146. The van der Waals surface area contributed by atoms with Gasteiger partial charge in [0.05, 0.1) is 26.3 Å². The lowest BCUT2D eigenvalue weighted by Gasteiger charge is -2.27. The number of hydrogen-bond acceptors (Lipinski definition) is 7. The molecule has 1 aromatic carbocycles. The molecule has 32 heavy (non-hydrogen) atoms. The molecule has 1 aliphatic rings. The van der Waals surface area contributed by atoms with Crippen LogP contribution in [-0.2, 0) is 9.53 Å². The molecule has 7 nitrogen and oxygen atoms in total. The summed E-state index contributed by atoms with van der Waals surface area (Å²) in [4.78, 5) is 24.5. The average Bonchev–Trinajstić information content (AvgIpc) is 2.85. The van der Waals surface area contributed by atoms with Gasteiger partial charge in [0.2, 0.25) is 11.8 Å². The van der Waals surface area contributed by atoms with Crippen LogP contribution in [0.5, 0.6) is 5.88 Å². The Morgan fingerprint density at radius 1 is 1.06 bits per heavy atom. The molecule has 0 radical (unpaired) electrons. The summed E-state index contributed by atoms with van der Waals surface area (Å²) in [7, 11) is 2.98. The molecule has 0 atom stereocenters. The van der Waals surface area contributed by atoms with Crippen molar-refractivity contribution < 1.29 is 18.7 Å². The highest BCUT2D eigenvalue weighted by atomic mass is 19.1. The van der Waals surface area contributed by atoms with Crippen molar-refractivity contribution in [2.45, 2.75) is 31.7 Å². The Morgan fingerprint density at radius 2 is 1.84 bits per heavy atom. The number of carbonyl (C=O) groups excluding carboxylic acids is 1. The van der Waals surface area contributed by atoms with Gasteiger partial charge < -0.3 is 14.8 Å². The summed E-state index contributed by atoms with van der Waals surface area (Å²) in [6, 6.07) is 11.3. The Hall–Kier alpha value is -3.55. The van der Waals surface area contributed by atoms with Crippen molar-refractivity contribution >= 4 is 11.9 Å². The molecule has 2 heterocycles. The van der Waals surface area contributed by atoms with E-state index in [-0.39, 0.29) is 23.6 Å². The third kappa shape index (κ3) is 4.69. The van der Waals surface area contributed by atoms with Gasteiger partial charge in [-0.05, 0) is 49.4 Å². The Bertz CT molecular complexity index is 1100. The third-order valence-electron chi connectivity index (χ3n) is 5.75. The maximum absolute atomic E-state index is 14.7. The van der Waals surface area contributed by atoms with Gasteiger partial charge in [-0.2, -0.15) is 0 Å². The van der Waals surface area contributed by atoms with Crippen molar-refractivity contribution in [3.63, 3.8) is 0 Å². The monoisotopic (exact) mass is 436 g/mol. The zero-order valence-electron chi connectivity index (χ0n) is 18.0. The van der Waals surface area contributed by atoms with Gasteiger partial charge in [0.25, 0.3) is 0 Å². The Balaban J connectivity index is 1.54. The van der Waals surface area contributed by atoms with Gasteiger partial charge >= 0.3 is 5.97 Å². The van der Waals surface area contributed by atoms with Crippen LogP contribution in [0.3, 0.4) is 0 Å². The van der Waals surface area contributed by atoms with Crippen LogP contribution >= 0.6 is 0 Å². The number of carbonyl (C=O) groups is 1. The molecule has 0 spiro atoms. The van der Waals surface area contributed by atoms with Crippen LogP contribution in [0.25, 0.3) is 22.4 Å². The Labute approximate surface area is 186 Å². The lowest BCUT2D eigenvalue weighted by atomic mass is 9.86. The van der Waals surface area contributed by atoms with E-state index in [2.05, 4.69) is 20.3 Å². The highest BCUT2D eigenvalue weighted by Gasteiger charge is 2.27. The first-order chi connectivity index (χ1) is 15.6. The number of hydrogen-bond donors (Lipinski definition) is 1. The minimum Gasteiger partial charge on any atom is -0.481 e. The molecule has 0 aliphatic heterocycles. The van der Waals surface area contributed by atoms with Crippen molar-refractivity contribution in [3.05, 3.63) is 54.6 Å². The van der Waals surface area contributed by atoms with E-state index < -0.39 is 5.82 Å². The van der Waals surface area contributed by atoms with Gasteiger partial charge in [-0.25, -0.2) is 19.3 Å². The predicted molar refractivity (Wildman–Crippen MR) is 119 cm³/mol. The fraction of sp³-hybridized carbons (Fsp3) is 0.333. The first kappa shape index (κ1) is 21.7. The minimum absolute atomic E-state index is 0.0602. The first-order valence-electron chi connectivity index (χ1n) is 10.6. The minimum atomic E-state index is -0.500. The van der Waals surface area contributed by atoms with Crippen LogP contribution < -0.4 is 10.1 Å². The molecule has 0 unspecified atom stereocenters. The molecule has 1 N–H and O–H groups in total. The van der Waals surface area contributed by atoms with Crippen LogP contribution in [-0.4, -0.2) is 41.2 Å². The number of anilines is 1. The van der Waals surface area contributed by atoms with Gasteiger partial charge in [0.1, 0.15) is 5.69 Å². The van der Waals surface area contributed by atoms with Crippen molar-refractivity contribution in [1.82, 2.24) is 15.0 Å². The number of rotatable bonds is 6. The average molecular weight is 436 g/mol. The van der Waals surface area contributed by atoms with Gasteiger partial charge in [-0.3, -0.25) is 4.79 Å². The van der Waals surface area contributed by atoms with E-state index in [1.807, 2.05) is 36.4 Å². The van der Waals surface area contributed by atoms with Crippen LogP contribution in [0.4, 0.5) is 10.3 Å². The molecule has 3 aromatic rings. The fourth-order valence-corrected chi connectivity index (χ4v) is 4.07. The zero-order chi connectivity index (χ0) is 22.5. The maximum atomic E-state index is 14.7. The van der Waals surface area contributed by atoms with E-state index >= 15 is 0 Å². The Kier molecular flexibility index (Phi) is 6.58. The summed E-state index contributed by atoms with van der Waals surface area (Å²) < 4.78 is 24.8. The van der Waals surface area contributed by atoms with Gasteiger partial charge in [0.15, 0.2) is 5.82 Å². The largest absolute Gasteiger partial charge is 0.481 e. The summed E-state index contributed by atoms with van der Waals surface area (Å²) in [6.45, 7) is 0. The summed E-state index contributed by atoms with van der Waals surface area (Å²) in [5.74, 6) is 0.147. The molecule has 0 saturated heterocycles. The highest BCUT2D eigenvalue weighted by molar-refractivity contribution is 5.74. The van der Waals surface area contributed by atoms with Crippen molar-refractivity contribution in [2.75, 3.05) is 19.5 Å². The van der Waals surface area contributed by atoms with Crippen molar-refractivity contribution in [1.29, 1.82) is 0 Å². The number of esters is 1. The summed E-state index contributed by atoms with van der Waals surface area (Å²) in [5, 5.41) is 3.29. The van der Waals surface area contributed by atoms with Crippen molar-refractivity contribution in [3.8, 4) is 28.3 Å². The number of aromatic nitrogens is 3. The van der Waals surface area contributed by atoms with Gasteiger partial charge in [-0.15, -0.1) is 0 Å². The van der Waals surface area contributed by atoms with Crippen LogP contribution in [0.15, 0.2) is 48.8 Å². The number of ether oxygens (including phenoxy) is 2. The first-order valence-corrected chi connectivity index (χ1v) is 10.6. The van der Waals surface area contributed by atoms with E-state index in [1.54, 1.807) is 13.3 Å². The van der Waals surface area contributed by atoms with E-state index in [0.717, 1.165) is 36.8 Å². The van der Waals surface area contributed by atoms with Gasteiger partial charge in [-0.1, -0.05) is 18.2 Å². The smallest absolute Gasteiger partial charge is 0.308 e. The standard InChI is InChI=1S/C24H25FN4O3/c1-31-22-19(7-4-12-26-22)16-5-3-6-17(13-16)21-20(25)14-27-24(29-21)28-18-10-8-15(9-11-18)23(30)32-2/h3-7,12-15,18H,8-11H2,1-2H3,(H,27,28,29)/t15-,18-. The van der Waals surface area contributed by atoms with Gasteiger partial charge in [0, 0.05) is 23.4 Å². The van der Waals surface area contributed by atoms with E-state index in [9.17, 15) is 9.18 Å². The predicted octanol–water partition coefficient (Wildman–Crippen LogP) is 4.50.